The van der Waals surface area contributed by atoms with Crippen molar-refractivity contribution in [3.63, 3.8) is 0 Å². The Labute approximate surface area is 132 Å². The van der Waals surface area contributed by atoms with Crippen LogP contribution in [0.15, 0.2) is 42.5 Å². The van der Waals surface area contributed by atoms with Crippen molar-refractivity contribution in [2.24, 2.45) is 0 Å². The van der Waals surface area contributed by atoms with Crippen molar-refractivity contribution in [3.05, 3.63) is 58.1 Å². The van der Waals surface area contributed by atoms with Crippen LogP contribution < -0.4 is 10.6 Å². The molecule has 0 aliphatic heterocycles. The summed E-state index contributed by atoms with van der Waals surface area (Å²) in [6.07, 6.45) is 0.472. The first kappa shape index (κ1) is 15.6. The number of amides is 2. The number of hydrogen-bond donors (Lipinski definition) is 3. The quantitative estimate of drug-likeness (QED) is 0.790. The summed E-state index contributed by atoms with van der Waals surface area (Å²) in [4.78, 5) is 12.0. The number of aliphatic hydroxyl groups is 1. The minimum absolute atomic E-state index is 0.0181. The van der Waals surface area contributed by atoms with Crippen LogP contribution in [0.1, 0.15) is 5.56 Å². The number of rotatable bonds is 4. The molecular weight excluding hydrogens is 311 g/mol. The molecule has 2 amide bonds. The van der Waals surface area contributed by atoms with Crippen LogP contribution in [0.4, 0.5) is 16.2 Å². The van der Waals surface area contributed by atoms with Crippen LogP contribution in [0, 0.1) is 0 Å². The van der Waals surface area contributed by atoms with Gasteiger partial charge in [-0.1, -0.05) is 41.4 Å². The summed E-state index contributed by atoms with van der Waals surface area (Å²) in [6.45, 7) is 0.0181. The molecule has 0 heterocycles. The van der Waals surface area contributed by atoms with Gasteiger partial charge in [0.05, 0.1) is 0 Å². The average Bonchev–Trinajstić information content (AvgIpc) is 2.40. The third-order valence-electron chi connectivity index (χ3n) is 2.77. The maximum atomic E-state index is 12.0. The van der Waals surface area contributed by atoms with Crippen molar-refractivity contribution in [1.82, 2.24) is 0 Å². The minimum atomic E-state index is -0.404. The van der Waals surface area contributed by atoms with E-state index in [2.05, 4.69) is 10.6 Å². The summed E-state index contributed by atoms with van der Waals surface area (Å²) in [5.74, 6) is 0. The van der Waals surface area contributed by atoms with Crippen molar-refractivity contribution in [3.8, 4) is 0 Å². The van der Waals surface area contributed by atoms with E-state index < -0.39 is 6.03 Å². The number of benzene rings is 2. The van der Waals surface area contributed by atoms with Crippen LogP contribution in [0.3, 0.4) is 0 Å². The Balaban J connectivity index is 2.08. The summed E-state index contributed by atoms with van der Waals surface area (Å²) < 4.78 is 0. The third kappa shape index (κ3) is 4.63. The number of aliphatic hydroxyl groups excluding tert-OH is 1. The fourth-order valence-electron chi connectivity index (χ4n) is 1.89. The number of carbonyl (C=O) groups is 1. The van der Waals surface area contributed by atoms with E-state index in [1.165, 1.54) is 0 Å². The molecule has 0 radical (unpaired) electrons. The SMILES string of the molecule is O=C(Nc1cc(Cl)cc(Cl)c1)Nc1ccccc1CCO. The zero-order chi connectivity index (χ0) is 15.2. The number of nitrogens with one attached hydrogen (secondary N) is 2. The molecule has 0 aliphatic rings. The summed E-state index contributed by atoms with van der Waals surface area (Å²) >= 11 is 11.8. The highest BCUT2D eigenvalue weighted by Crippen LogP contribution is 2.23. The summed E-state index contributed by atoms with van der Waals surface area (Å²) in [6, 6.07) is 11.7. The van der Waals surface area contributed by atoms with Crippen LogP contribution in [0.25, 0.3) is 0 Å². The predicted molar refractivity (Wildman–Crippen MR) is 86.3 cm³/mol. The number of halogens is 2. The Morgan fingerprint density at radius 2 is 1.71 bits per heavy atom. The van der Waals surface area contributed by atoms with Crippen molar-refractivity contribution >= 4 is 40.6 Å². The van der Waals surface area contributed by atoms with Crippen LogP contribution >= 0.6 is 23.2 Å². The van der Waals surface area contributed by atoms with Crippen LogP contribution in [0.2, 0.25) is 10.0 Å². The molecule has 0 unspecified atom stereocenters. The molecule has 0 atom stereocenters. The van der Waals surface area contributed by atoms with Crippen molar-refractivity contribution < 1.29 is 9.90 Å². The molecule has 0 spiro atoms. The van der Waals surface area contributed by atoms with E-state index in [1.807, 2.05) is 18.2 Å². The highest BCUT2D eigenvalue weighted by Gasteiger charge is 2.07. The molecule has 2 rings (SSSR count). The van der Waals surface area contributed by atoms with Gasteiger partial charge in [0.1, 0.15) is 0 Å². The van der Waals surface area contributed by atoms with E-state index in [0.717, 1.165) is 5.56 Å². The molecule has 21 heavy (non-hydrogen) atoms. The van der Waals surface area contributed by atoms with Crippen molar-refractivity contribution in [1.29, 1.82) is 0 Å². The molecule has 110 valence electrons. The lowest BCUT2D eigenvalue weighted by Crippen LogP contribution is -2.20. The molecular formula is C15H14Cl2N2O2. The standard InChI is InChI=1S/C15H14Cl2N2O2/c16-11-7-12(17)9-13(8-11)18-15(21)19-14-4-2-1-3-10(14)5-6-20/h1-4,7-9,20H,5-6H2,(H2,18,19,21). The Bertz CT molecular complexity index is 627. The highest BCUT2D eigenvalue weighted by atomic mass is 35.5. The topological polar surface area (TPSA) is 61.4 Å². The third-order valence-corrected chi connectivity index (χ3v) is 3.20. The maximum absolute atomic E-state index is 12.0. The lowest BCUT2D eigenvalue weighted by molar-refractivity contribution is 0.262. The first-order valence-corrected chi connectivity index (χ1v) is 7.07. The molecule has 0 aliphatic carbocycles. The minimum Gasteiger partial charge on any atom is -0.396 e. The van der Waals surface area contributed by atoms with Crippen molar-refractivity contribution in [2.45, 2.75) is 6.42 Å². The van der Waals surface area contributed by atoms with Gasteiger partial charge >= 0.3 is 6.03 Å². The van der Waals surface area contributed by atoms with Gasteiger partial charge in [-0.25, -0.2) is 4.79 Å². The van der Waals surface area contributed by atoms with Gasteiger partial charge in [-0.05, 0) is 36.2 Å². The largest absolute Gasteiger partial charge is 0.396 e. The van der Waals surface area contributed by atoms with E-state index in [0.29, 0.717) is 27.8 Å². The van der Waals surface area contributed by atoms with E-state index in [4.69, 9.17) is 28.3 Å². The Hall–Kier alpha value is -1.75. The van der Waals surface area contributed by atoms with E-state index in [-0.39, 0.29) is 6.61 Å². The number of hydrogen-bond acceptors (Lipinski definition) is 2. The molecule has 0 saturated heterocycles. The second-order valence-electron chi connectivity index (χ2n) is 4.37. The number of anilines is 2. The molecule has 0 aromatic heterocycles. The van der Waals surface area contributed by atoms with Crippen molar-refractivity contribution in [2.75, 3.05) is 17.2 Å². The maximum Gasteiger partial charge on any atom is 0.323 e. The zero-order valence-electron chi connectivity index (χ0n) is 11.1. The Morgan fingerprint density at radius 3 is 2.38 bits per heavy atom. The first-order chi connectivity index (χ1) is 10.1. The number of carbonyl (C=O) groups excluding carboxylic acids is 1. The fraction of sp³-hybridized carbons (Fsp3) is 0.133. The van der Waals surface area contributed by atoms with Gasteiger partial charge in [0.15, 0.2) is 0 Å². The van der Waals surface area contributed by atoms with Gasteiger partial charge in [-0.3, -0.25) is 0 Å². The van der Waals surface area contributed by atoms with Gasteiger partial charge in [0.25, 0.3) is 0 Å². The Kier molecular flexibility index (Phi) is 5.44. The van der Waals surface area contributed by atoms with Gasteiger partial charge in [0, 0.05) is 28.0 Å². The monoisotopic (exact) mass is 324 g/mol. The molecule has 0 bridgehead atoms. The molecule has 3 N–H and O–H groups in total. The van der Waals surface area contributed by atoms with Gasteiger partial charge in [-0.2, -0.15) is 0 Å². The molecule has 0 saturated carbocycles. The lowest BCUT2D eigenvalue weighted by atomic mass is 10.1. The van der Waals surface area contributed by atoms with E-state index >= 15 is 0 Å². The predicted octanol–water partition coefficient (Wildman–Crippen LogP) is 4.17. The molecule has 4 nitrogen and oxygen atoms in total. The summed E-state index contributed by atoms with van der Waals surface area (Å²) in [7, 11) is 0. The number of urea groups is 1. The van der Waals surface area contributed by atoms with Crippen LogP contribution in [0.5, 0.6) is 0 Å². The summed E-state index contributed by atoms with van der Waals surface area (Å²) in [5.41, 5.74) is 2.01. The average molecular weight is 325 g/mol. The normalized spacial score (nSPS) is 10.2. The lowest BCUT2D eigenvalue weighted by Gasteiger charge is -2.11. The molecule has 2 aromatic rings. The second-order valence-corrected chi connectivity index (χ2v) is 5.24. The fourth-order valence-corrected chi connectivity index (χ4v) is 2.42. The van der Waals surface area contributed by atoms with Gasteiger partial charge < -0.3 is 15.7 Å². The Morgan fingerprint density at radius 1 is 1.05 bits per heavy atom. The molecule has 2 aromatic carbocycles. The first-order valence-electron chi connectivity index (χ1n) is 6.31. The van der Waals surface area contributed by atoms with E-state index in [1.54, 1.807) is 24.3 Å². The smallest absolute Gasteiger partial charge is 0.323 e. The van der Waals surface area contributed by atoms with Gasteiger partial charge in [0.2, 0.25) is 0 Å². The van der Waals surface area contributed by atoms with Crippen LogP contribution in [-0.2, 0) is 6.42 Å². The highest BCUT2D eigenvalue weighted by molar-refractivity contribution is 6.35. The summed E-state index contributed by atoms with van der Waals surface area (Å²) in [5, 5.41) is 15.3. The van der Waals surface area contributed by atoms with Gasteiger partial charge in [-0.15, -0.1) is 0 Å². The van der Waals surface area contributed by atoms with E-state index in [9.17, 15) is 4.79 Å². The number of para-hydroxylation sites is 1. The van der Waals surface area contributed by atoms with Crippen LogP contribution in [-0.4, -0.2) is 17.7 Å². The second kappa shape index (κ2) is 7.31. The molecule has 6 heteroatoms. The zero-order valence-corrected chi connectivity index (χ0v) is 12.6. The molecule has 0 fully saturated rings.